The Labute approximate surface area is 115 Å². The predicted molar refractivity (Wildman–Crippen MR) is 75.6 cm³/mol. The first-order valence-corrected chi connectivity index (χ1v) is 6.33. The molecule has 0 saturated carbocycles. The number of nitrogens with one attached hydrogen (secondary N) is 1. The van der Waals surface area contributed by atoms with Gasteiger partial charge >= 0.3 is 0 Å². The van der Waals surface area contributed by atoms with Gasteiger partial charge in [-0.05, 0) is 18.4 Å². The third kappa shape index (κ3) is 3.75. The molecule has 1 unspecified atom stereocenters. The van der Waals surface area contributed by atoms with Gasteiger partial charge in [0, 0.05) is 11.6 Å². The molecule has 0 aromatic heterocycles. The van der Waals surface area contributed by atoms with Crippen LogP contribution >= 0.6 is 0 Å². The van der Waals surface area contributed by atoms with E-state index in [0.717, 1.165) is 17.7 Å². The molecule has 0 aliphatic carbocycles. The monoisotopic (exact) mass is 268 g/mol. The Kier molecular flexibility index (Phi) is 5.92. The lowest BCUT2D eigenvalue weighted by atomic mass is 9.96. The van der Waals surface area contributed by atoms with Crippen LogP contribution < -0.4 is 25.5 Å². The smallest absolute Gasteiger partial charge is 0.164 e. The lowest BCUT2D eigenvalue weighted by Crippen LogP contribution is -2.29. The molecule has 0 bridgehead atoms. The van der Waals surface area contributed by atoms with E-state index in [4.69, 9.17) is 20.1 Å². The van der Waals surface area contributed by atoms with Crippen LogP contribution in [-0.4, -0.2) is 21.3 Å². The minimum absolute atomic E-state index is 0.00903. The molecule has 0 saturated heterocycles. The summed E-state index contributed by atoms with van der Waals surface area (Å²) in [5, 5.41) is 0. The first-order valence-electron chi connectivity index (χ1n) is 6.33. The Morgan fingerprint density at radius 1 is 1.00 bits per heavy atom. The zero-order valence-corrected chi connectivity index (χ0v) is 12.3. The highest BCUT2D eigenvalue weighted by Crippen LogP contribution is 2.38. The van der Waals surface area contributed by atoms with Gasteiger partial charge in [0.15, 0.2) is 11.5 Å². The third-order valence-corrected chi connectivity index (χ3v) is 3.02. The molecule has 0 heterocycles. The van der Waals surface area contributed by atoms with Gasteiger partial charge in [-0.25, -0.2) is 0 Å². The quantitative estimate of drug-likeness (QED) is 0.586. The highest BCUT2D eigenvalue weighted by atomic mass is 16.5. The summed E-state index contributed by atoms with van der Waals surface area (Å²) in [5.41, 5.74) is 3.81. The van der Waals surface area contributed by atoms with Gasteiger partial charge < -0.3 is 14.2 Å². The van der Waals surface area contributed by atoms with E-state index in [1.165, 1.54) is 0 Å². The molecule has 5 nitrogen and oxygen atoms in total. The van der Waals surface area contributed by atoms with E-state index in [-0.39, 0.29) is 6.04 Å². The second-order valence-corrected chi connectivity index (χ2v) is 4.80. The molecule has 1 aromatic rings. The minimum atomic E-state index is 0.00903. The van der Waals surface area contributed by atoms with Crippen molar-refractivity contribution in [3.8, 4) is 17.2 Å². The molecule has 108 valence electrons. The first-order chi connectivity index (χ1) is 9.07. The van der Waals surface area contributed by atoms with Crippen molar-refractivity contribution in [2.75, 3.05) is 21.3 Å². The van der Waals surface area contributed by atoms with Crippen molar-refractivity contribution in [1.29, 1.82) is 0 Å². The van der Waals surface area contributed by atoms with Crippen LogP contribution in [0.15, 0.2) is 12.1 Å². The number of nitrogens with two attached hydrogens (primary N) is 1. The van der Waals surface area contributed by atoms with Gasteiger partial charge in [0.1, 0.15) is 5.75 Å². The van der Waals surface area contributed by atoms with Crippen molar-refractivity contribution in [2.45, 2.75) is 26.3 Å². The lowest BCUT2D eigenvalue weighted by Gasteiger charge is -2.22. The van der Waals surface area contributed by atoms with Crippen LogP contribution in [0.25, 0.3) is 0 Å². The summed E-state index contributed by atoms with van der Waals surface area (Å²) in [7, 11) is 4.85. The number of methoxy groups -OCH3 is 3. The zero-order chi connectivity index (χ0) is 14.4. The van der Waals surface area contributed by atoms with Crippen molar-refractivity contribution in [2.24, 2.45) is 11.8 Å². The second-order valence-electron chi connectivity index (χ2n) is 4.80. The van der Waals surface area contributed by atoms with Gasteiger partial charge in [0.05, 0.1) is 27.4 Å². The number of ether oxygens (including phenoxy) is 3. The van der Waals surface area contributed by atoms with Gasteiger partial charge in [-0.3, -0.25) is 11.3 Å². The van der Waals surface area contributed by atoms with Crippen molar-refractivity contribution in [3.05, 3.63) is 17.7 Å². The summed E-state index contributed by atoms with van der Waals surface area (Å²) in [6.45, 7) is 4.30. The largest absolute Gasteiger partial charge is 0.496 e. The molecule has 19 heavy (non-hydrogen) atoms. The average Bonchev–Trinajstić information content (AvgIpc) is 2.42. The summed E-state index contributed by atoms with van der Waals surface area (Å²) >= 11 is 0. The molecule has 3 N–H and O–H groups in total. The fraction of sp³-hybridized carbons (Fsp3) is 0.571. The maximum Gasteiger partial charge on any atom is 0.164 e. The molecule has 0 fully saturated rings. The van der Waals surface area contributed by atoms with Gasteiger partial charge in [-0.2, -0.15) is 0 Å². The van der Waals surface area contributed by atoms with Crippen LogP contribution in [0.1, 0.15) is 31.9 Å². The van der Waals surface area contributed by atoms with E-state index in [1.807, 2.05) is 12.1 Å². The van der Waals surface area contributed by atoms with Gasteiger partial charge in [-0.15, -0.1) is 0 Å². The summed E-state index contributed by atoms with van der Waals surface area (Å²) in [6, 6.07) is 3.73. The summed E-state index contributed by atoms with van der Waals surface area (Å²) < 4.78 is 16.0. The Morgan fingerprint density at radius 3 is 1.95 bits per heavy atom. The van der Waals surface area contributed by atoms with Crippen LogP contribution in [-0.2, 0) is 0 Å². The summed E-state index contributed by atoms with van der Waals surface area (Å²) in [4.78, 5) is 0. The number of rotatable bonds is 7. The van der Waals surface area contributed by atoms with Crippen LogP contribution in [0.2, 0.25) is 0 Å². The molecule has 0 radical (unpaired) electrons. The van der Waals surface area contributed by atoms with Crippen molar-refractivity contribution < 1.29 is 14.2 Å². The second kappa shape index (κ2) is 7.21. The van der Waals surface area contributed by atoms with Crippen LogP contribution in [0.4, 0.5) is 0 Å². The van der Waals surface area contributed by atoms with Crippen LogP contribution in [0, 0.1) is 5.92 Å². The van der Waals surface area contributed by atoms with E-state index in [1.54, 1.807) is 21.3 Å². The van der Waals surface area contributed by atoms with Gasteiger partial charge in [0.25, 0.3) is 0 Å². The highest BCUT2D eigenvalue weighted by molar-refractivity contribution is 5.51. The molecule has 0 spiro atoms. The molecular formula is C14H24N2O3. The van der Waals surface area contributed by atoms with Crippen LogP contribution in [0.5, 0.6) is 17.2 Å². The molecule has 5 heteroatoms. The fourth-order valence-electron chi connectivity index (χ4n) is 2.08. The Morgan fingerprint density at radius 2 is 1.53 bits per heavy atom. The van der Waals surface area contributed by atoms with Gasteiger partial charge in [0.2, 0.25) is 0 Å². The van der Waals surface area contributed by atoms with E-state index >= 15 is 0 Å². The maximum absolute atomic E-state index is 5.66. The van der Waals surface area contributed by atoms with E-state index in [0.29, 0.717) is 17.4 Å². The van der Waals surface area contributed by atoms with Crippen molar-refractivity contribution in [3.63, 3.8) is 0 Å². The summed E-state index contributed by atoms with van der Waals surface area (Å²) in [6.07, 6.45) is 0.905. The molecular weight excluding hydrogens is 244 g/mol. The van der Waals surface area contributed by atoms with E-state index in [9.17, 15) is 0 Å². The minimum Gasteiger partial charge on any atom is -0.496 e. The van der Waals surface area contributed by atoms with E-state index in [2.05, 4.69) is 19.3 Å². The Bertz CT molecular complexity index is 408. The molecule has 0 aliphatic heterocycles. The topological polar surface area (TPSA) is 65.7 Å². The fourth-order valence-corrected chi connectivity index (χ4v) is 2.08. The standard InChI is InChI=1S/C14H24N2O3/c1-9(2)6-11(16-15)10-7-13(18-4)14(19-5)8-12(10)17-3/h7-9,11,16H,6,15H2,1-5H3. The van der Waals surface area contributed by atoms with Crippen LogP contribution in [0.3, 0.4) is 0 Å². The summed E-state index contributed by atoms with van der Waals surface area (Å²) in [5.74, 6) is 8.22. The van der Waals surface area contributed by atoms with Crippen molar-refractivity contribution >= 4 is 0 Å². The van der Waals surface area contributed by atoms with Gasteiger partial charge in [-0.1, -0.05) is 13.8 Å². The number of hydrazine groups is 1. The first kappa shape index (κ1) is 15.6. The molecule has 1 aromatic carbocycles. The van der Waals surface area contributed by atoms with Crippen molar-refractivity contribution in [1.82, 2.24) is 5.43 Å². The SMILES string of the molecule is COc1cc(OC)c(C(CC(C)C)NN)cc1OC. The Hall–Kier alpha value is -1.46. The maximum atomic E-state index is 5.66. The highest BCUT2D eigenvalue weighted by Gasteiger charge is 2.19. The third-order valence-electron chi connectivity index (χ3n) is 3.02. The Balaban J connectivity index is 3.23. The molecule has 1 rings (SSSR count). The zero-order valence-electron chi connectivity index (χ0n) is 12.3. The van der Waals surface area contributed by atoms with E-state index < -0.39 is 0 Å². The lowest BCUT2D eigenvalue weighted by molar-refractivity contribution is 0.342. The normalized spacial score (nSPS) is 12.4. The number of hydrogen-bond acceptors (Lipinski definition) is 5. The molecule has 1 atom stereocenters. The molecule has 0 aliphatic rings. The number of benzene rings is 1. The number of hydrogen-bond donors (Lipinski definition) is 2. The average molecular weight is 268 g/mol. The predicted octanol–water partition coefficient (Wildman–Crippen LogP) is 2.26. The molecule has 0 amide bonds.